The maximum atomic E-state index is 11.8. The monoisotopic (exact) mass is 258 g/mol. The van der Waals surface area contributed by atoms with Gasteiger partial charge >= 0.3 is 5.97 Å². The molecule has 3 rings (SSSR count). The fraction of sp³-hybridized carbons (Fsp3) is 0.143. The highest BCUT2D eigenvalue weighted by Gasteiger charge is 2.31. The van der Waals surface area contributed by atoms with Crippen LogP contribution in [-0.4, -0.2) is 16.9 Å². The van der Waals surface area contributed by atoms with E-state index in [0.717, 1.165) is 16.0 Å². The summed E-state index contributed by atoms with van der Waals surface area (Å²) >= 11 is 1.21. The van der Waals surface area contributed by atoms with E-state index in [4.69, 9.17) is 0 Å². The average molecular weight is 258 g/mol. The van der Waals surface area contributed by atoms with E-state index < -0.39 is 5.97 Å². The van der Waals surface area contributed by atoms with Gasteiger partial charge in [-0.25, -0.2) is 4.79 Å². The molecule has 2 aromatic rings. The van der Waals surface area contributed by atoms with Crippen LogP contribution in [0.4, 0.5) is 0 Å². The topological polar surface area (TPSA) is 54.4 Å². The van der Waals surface area contributed by atoms with E-state index in [9.17, 15) is 14.7 Å². The Morgan fingerprint density at radius 1 is 1.17 bits per heavy atom. The van der Waals surface area contributed by atoms with Crippen LogP contribution in [0.25, 0.3) is 10.4 Å². The van der Waals surface area contributed by atoms with Crippen LogP contribution in [0.1, 0.15) is 32.0 Å². The van der Waals surface area contributed by atoms with Crippen molar-refractivity contribution in [2.75, 3.05) is 0 Å². The van der Waals surface area contributed by atoms with Crippen LogP contribution in [0.15, 0.2) is 30.3 Å². The average Bonchev–Trinajstić information content (AvgIpc) is 2.92. The van der Waals surface area contributed by atoms with Gasteiger partial charge in [0.1, 0.15) is 4.88 Å². The molecular formula is C14H10O3S. The Bertz CT molecular complexity index is 641. The fourth-order valence-electron chi connectivity index (χ4n) is 2.34. The number of carboxylic acids is 1. The summed E-state index contributed by atoms with van der Waals surface area (Å²) in [4.78, 5) is 24.1. The van der Waals surface area contributed by atoms with Gasteiger partial charge < -0.3 is 5.11 Å². The second-order valence-electron chi connectivity index (χ2n) is 4.21. The number of hydrogen-bond donors (Lipinski definition) is 1. The van der Waals surface area contributed by atoms with E-state index in [1.807, 2.05) is 30.3 Å². The minimum absolute atomic E-state index is 0.0409. The summed E-state index contributed by atoms with van der Waals surface area (Å²) in [6.45, 7) is 0. The van der Waals surface area contributed by atoms with Gasteiger partial charge in [0, 0.05) is 16.9 Å². The number of carboxylic acid groups (broad SMARTS) is 1. The standard InChI is InChI=1S/C14H10O3S/c15-10-7-6-9-11(10)13(14(16)17)18-12(9)8-4-2-1-3-5-8/h1-5H,6-7H2,(H,16,17). The van der Waals surface area contributed by atoms with E-state index in [0.29, 0.717) is 18.4 Å². The van der Waals surface area contributed by atoms with E-state index in [2.05, 4.69) is 0 Å². The SMILES string of the molecule is O=C(O)c1sc(-c2ccccc2)c2c1C(=O)CC2. The molecule has 90 valence electrons. The Morgan fingerprint density at radius 3 is 2.56 bits per heavy atom. The maximum Gasteiger partial charge on any atom is 0.346 e. The minimum Gasteiger partial charge on any atom is -0.477 e. The van der Waals surface area contributed by atoms with E-state index in [1.165, 1.54) is 11.3 Å². The van der Waals surface area contributed by atoms with Gasteiger partial charge in [0.15, 0.2) is 5.78 Å². The molecule has 0 bridgehead atoms. The Morgan fingerprint density at radius 2 is 1.89 bits per heavy atom. The van der Waals surface area contributed by atoms with E-state index in [-0.39, 0.29) is 10.7 Å². The second kappa shape index (κ2) is 4.07. The molecule has 0 spiro atoms. The number of aromatic carboxylic acids is 1. The number of carbonyl (C=O) groups is 2. The number of benzene rings is 1. The number of ketones is 1. The van der Waals surface area contributed by atoms with Crippen molar-refractivity contribution in [3.05, 3.63) is 46.3 Å². The molecule has 0 saturated carbocycles. The lowest BCUT2D eigenvalue weighted by Crippen LogP contribution is -2.00. The number of rotatable bonds is 2. The smallest absolute Gasteiger partial charge is 0.346 e. The third kappa shape index (κ3) is 1.57. The van der Waals surface area contributed by atoms with Gasteiger partial charge in [-0.3, -0.25) is 4.79 Å². The summed E-state index contributed by atoms with van der Waals surface area (Å²) in [6.07, 6.45) is 1.08. The molecule has 1 aromatic heterocycles. The molecule has 0 amide bonds. The first kappa shape index (κ1) is 11.2. The second-order valence-corrected chi connectivity index (χ2v) is 5.23. The zero-order chi connectivity index (χ0) is 12.7. The zero-order valence-electron chi connectivity index (χ0n) is 9.47. The molecule has 0 aliphatic heterocycles. The lowest BCUT2D eigenvalue weighted by atomic mass is 10.1. The minimum atomic E-state index is -1.01. The molecular weight excluding hydrogens is 248 g/mol. The Balaban J connectivity index is 2.24. The highest BCUT2D eigenvalue weighted by Crippen LogP contribution is 2.41. The molecule has 1 N–H and O–H groups in total. The van der Waals surface area contributed by atoms with Crippen molar-refractivity contribution in [3.8, 4) is 10.4 Å². The number of Topliss-reactive ketones (excluding diaryl/α,β-unsaturated/α-hetero) is 1. The zero-order valence-corrected chi connectivity index (χ0v) is 10.3. The Hall–Kier alpha value is -1.94. The lowest BCUT2D eigenvalue weighted by Gasteiger charge is -1.99. The molecule has 0 unspecified atom stereocenters. The van der Waals surface area contributed by atoms with Gasteiger partial charge in [0.2, 0.25) is 0 Å². The fourth-order valence-corrected chi connectivity index (χ4v) is 3.55. The summed E-state index contributed by atoms with van der Waals surface area (Å²) in [5.41, 5.74) is 2.33. The molecule has 0 atom stereocenters. The molecule has 3 nitrogen and oxygen atoms in total. The molecule has 0 fully saturated rings. The van der Waals surface area contributed by atoms with Gasteiger partial charge in [0.25, 0.3) is 0 Å². The predicted molar refractivity (Wildman–Crippen MR) is 69.4 cm³/mol. The lowest BCUT2D eigenvalue weighted by molar-refractivity contribution is 0.0698. The van der Waals surface area contributed by atoms with Crippen LogP contribution in [-0.2, 0) is 6.42 Å². The van der Waals surface area contributed by atoms with Crippen LogP contribution in [0, 0.1) is 0 Å². The summed E-state index contributed by atoms with van der Waals surface area (Å²) in [5.74, 6) is -1.05. The predicted octanol–water partition coefficient (Wildman–Crippen LogP) is 3.24. The van der Waals surface area contributed by atoms with Gasteiger partial charge in [-0.1, -0.05) is 30.3 Å². The van der Waals surface area contributed by atoms with Crippen molar-refractivity contribution < 1.29 is 14.7 Å². The van der Waals surface area contributed by atoms with Crippen molar-refractivity contribution in [1.29, 1.82) is 0 Å². The molecule has 0 radical (unpaired) electrons. The van der Waals surface area contributed by atoms with Crippen LogP contribution in [0.5, 0.6) is 0 Å². The molecule has 18 heavy (non-hydrogen) atoms. The maximum absolute atomic E-state index is 11.8. The molecule has 1 aromatic carbocycles. The highest BCUT2D eigenvalue weighted by atomic mass is 32.1. The normalized spacial score (nSPS) is 13.7. The van der Waals surface area contributed by atoms with Gasteiger partial charge in [-0.2, -0.15) is 0 Å². The van der Waals surface area contributed by atoms with Crippen LogP contribution >= 0.6 is 11.3 Å². The first-order valence-corrected chi connectivity index (χ1v) is 6.47. The first-order chi connectivity index (χ1) is 8.68. The van der Waals surface area contributed by atoms with Crippen LogP contribution in [0.2, 0.25) is 0 Å². The Kier molecular flexibility index (Phi) is 2.52. The first-order valence-electron chi connectivity index (χ1n) is 5.66. The summed E-state index contributed by atoms with van der Waals surface area (Å²) in [7, 11) is 0. The van der Waals surface area contributed by atoms with Crippen LogP contribution < -0.4 is 0 Å². The molecule has 1 aliphatic rings. The number of hydrogen-bond acceptors (Lipinski definition) is 3. The van der Waals surface area contributed by atoms with Crippen LogP contribution in [0.3, 0.4) is 0 Å². The summed E-state index contributed by atoms with van der Waals surface area (Å²) in [6, 6.07) is 9.64. The summed E-state index contributed by atoms with van der Waals surface area (Å²) < 4.78 is 0. The van der Waals surface area contributed by atoms with Gasteiger partial charge in [-0.05, 0) is 17.5 Å². The summed E-state index contributed by atoms with van der Waals surface area (Å²) in [5, 5.41) is 9.19. The quantitative estimate of drug-likeness (QED) is 0.899. The van der Waals surface area contributed by atoms with Gasteiger partial charge in [-0.15, -0.1) is 11.3 Å². The molecule has 1 heterocycles. The van der Waals surface area contributed by atoms with Crippen molar-refractivity contribution in [1.82, 2.24) is 0 Å². The largest absolute Gasteiger partial charge is 0.477 e. The number of fused-ring (bicyclic) bond motifs is 1. The molecule has 4 heteroatoms. The van der Waals surface area contributed by atoms with E-state index in [1.54, 1.807) is 0 Å². The third-order valence-electron chi connectivity index (χ3n) is 3.12. The van der Waals surface area contributed by atoms with Crippen molar-refractivity contribution >= 4 is 23.1 Å². The number of thiophene rings is 1. The third-order valence-corrected chi connectivity index (χ3v) is 4.39. The number of carbonyl (C=O) groups excluding carboxylic acids is 1. The molecule has 0 saturated heterocycles. The van der Waals surface area contributed by atoms with Crippen molar-refractivity contribution in [3.63, 3.8) is 0 Å². The van der Waals surface area contributed by atoms with E-state index >= 15 is 0 Å². The van der Waals surface area contributed by atoms with Gasteiger partial charge in [0.05, 0.1) is 0 Å². The molecule has 1 aliphatic carbocycles. The van der Waals surface area contributed by atoms with Crippen molar-refractivity contribution in [2.24, 2.45) is 0 Å². The van der Waals surface area contributed by atoms with Crippen molar-refractivity contribution in [2.45, 2.75) is 12.8 Å². The Labute approximate surface area is 108 Å². The highest BCUT2D eigenvalue weighted by molar-refractivity contribution is 7.18.